The van der Waals surface area contributed by atoms with Crippen LogP contribution >= 0.6 is 11.3 Å². The van der Waals surface area contributed by atoms with Crippen LogP contribution in [0.1, 0.15) is 0 Å². The second kappa shape index (κ2) is 10.1. The Kier molecular flexibility index (Phi) is 5.75. The fourth-order valence-electron chi connectivity index (χ4n) is 6.69. The number of hydrogen-bond donors (Lipinski definition) is 0. The van der Waals surface area contributed by atoms with Crippen LogP contribution in [0.5, 0.6) is 0 Å². The molecule has 0 N–H and O–H groups in total. The molecule has 1 heterocycles. The number of thiophene rings is 1. The lowest BCUT2D eigenvalue weighted by Gasteiger charge is -2.28. The van der Waals surface area contributed by atoms with Gasteiger partial charge in [-0.3, -0.25) is 0 Å². The Morgan fingerprint density at radius 1 is 0.341 bits per heavy atom. The van der Waals surface area contributed by atoms with E-state index in [0.717, 1.165) is 11.4 Å². The molecule has 9 aromatic rings. The van der Waals surface area contributed by atoms with E-state index in [2.05, 4.69) is 169 Å². The maximum atomic E-state index is 2.42. The van der Waals surface area contributed by atoms with E-state index in [1.54, 1.807) is 0 Å². The molecule has 0 bridgehead atoms. The Labute approximate surface area is 259 Å². The lowest BCUT2D eigenvalue weighted by atomic mass is 9.98. The minimum Gasteiger partial charge on any atom is -0.310 e. The van der Waals surface area contributed by atoms with Crippen molar-refractivity contribution in [2.24, 2.45) is 0 Å². The zero-order valence-corrected chi connectivity index (χ0v) is 24.8. The van der Waals surface area contributed by atoms with Crippen molar-refractivity contribution >= 4 is 80.9 Å². The van der Waals surface area contributed by atoms with Crippen LogP contribution in [0, 0.1) is 0 Å². The Bertz CT molecular complexity index is 2500. The van der Waals surface area contributed by atoms with Crippen molar-refractivity contribution in [2.45, 2.75) is 0 Å². The molecule has 0 aliphatic heterocycles. The molecule has 0 saturated heterocycles. The van der Waals surface area contributed by atoms with Crippen molar-refractivity contribution in [1.82, 2.24) is 0 Å². The highest BCUT2D eigenvalue weighted by Crippen LogP contribution is 2.43. The van der Waals surface area contributed by atoms with Crippen LogP contribution < -0.4 is 4.90 Å². The summed E-state index contributed by atoms with van der Waals surface area (Å²) < 4.78 is 2.67. The van der Waals surface area contributed by atoms with Crippen molar-refractivity contribution < 1.29 is 0 Å². The predicted octanol–water partition coefficient (Wildman–Crippen LogP) is 12.7. The van der Waals surface area contributed by atoms with E-state index in [4.69, 9.17) is 0 Å². The van der Waals surface area contributed by atoms with Gasteiger partial charge in [0.25, 0.3) is 0 Å². The Morgan fingerprint density at radius 2 is 1.00 bits per heavy atom. The van der Waals surface area contributed by atoms with E-state index in [-0.39, 0.29) is 0 Å². The average Bonchev–Trinajstić information content (AvgIpc) is 3.45. The van der Waals surface area contributed by atoms with Gasteiger partial charge in [-0.1, -0.05) is 115 Å². The van der Waals surface area contributed by atoms with Gasteiger partial charge in [-0.15, -0.1) is 11.3 Å². The molecule has 44 heavy (non-hydrogen) atoms. The van der Waals surface area contributed by atoms with Crippen molar-refractivity contribution in [1.29, 1.82) is 0 Å². The van der Waals surface area contributed by atoms with Crippen molar-refractivity contribution in [3.8, 4) is 11.1 Å². The summed E-state index contributed by atoms with van der Waals surface area (Å²) in [6.07, 6.45) is 0. The van der Waals surface area contributed by atoms with Gasteiger partial charge < -0.3 is 4.90 Å². The second-order valence-electron chi connectivity index (χ2n) is 11.4. The third-order valence-corrected chi connectivity index (χ3v) is 9.93. The molecule has 206 valence electrons. The summed E-state index contributed by atoms with van der Waals surface area (Å²) in [5, 5.41) is 10.2. The average molecular weight is 578 g/mol. The standard InChI is InChI=1S/C42H27NS/c1-2-10-28(11-3-1)31-14-8-15-33(24-31)43(40-18-9-13-29-12-4-5-16-35(29)40)34-23-22-30-20-21-32-25-42-39(27-38(32)37(30)26-34)36-17-6-7-19-41(36)44-42/h1-27H. The lowest BCUT2D eigenvalue weighted by Crippen LogP contribution is -2.10. The molecular weight excluding hydrogens is 551 g/mol. The minimum absolute atomic E-state index is 1.13. The largest absolute Gasteiger partial charge is 0.310 e. The van der Waals surface area contributed by atoms with Gasteiger partial charge in [0.05, 0.1) is 5.69 Å². The monoisotopic (exact) mass is 577 g/mol. The predicted molar refractivity (Wildman–Crippen MR) is 192 cm³/mol. The molecule has 0 aliphatic rings. The van der Waals surface area contributed by atoms with E-state index in [0.29, 0.717) is 0 Å². The normalized spacial score (nSPS) is 11.6. The Balaban J connectivity index is 1.31. The molecular formula is C42H27NS. The van der Waals surface area contributed by atoms with Crippen LogP contribution in [0.2, 0.25) is 0 Å². The summed E-state index contributed by atoms with van der Waals surface area (Å²) in [5.74, 6) is 0. The molecule has 0 radical (unpaired) electrons. The summed E-state index contributed by atoms with van der Waals surface area (Å²) >= 11 is 1.88. The number of rotatable bonds is 4. The number of anilines is 3. The van der Waals surface area contributed by atoms with Gasteiger partial charge in [-0.05, 0) is 86.6 Å². The van der Waals surface area contributed by atoms with Gasteiger partial charge >= 0.3 is 0 Å². The molecule has 0 atom stereocenters. The maximum Gasteiger partial charge on any atom is 0.0540 e. The lowest BCUT2D eigenvalue weighted by molar-refractivity contribution is 1.30. The summed E-state index contributed by atoms with van der Waals surface area (Å²) in [7, 11) is 0. The first-order valence-electron chi connectivity index (χ1n) is 15.0. The first kappa shape index (κ1) is 25.1. The molecule has 0 saturated carbocycles. The van der Waals surface area contributed by atoms with Crippen LogP contribution in [0.25, 0.3) is 63.6 Å². The molecule has 0 amide bonds. The maximum absolute atomic E-state index is 2.42. The molecule has 0 aliphatic carbocycles. The van der Waals surface area contributed by atoms with E-state index in [1.165, 1.54) is 69.3 Å². The summed E-state index contributed by atoms with van der Waals surface area (Å²) in [6, 6.07) is 59.8. The van der Waals surface area contributed by atoms with E-state index < -0.39 is 0 Å². The Hall–Kier alpha value is -5.44. The van der Waals surface area contributed by atoms with Gasteiger partial charge in [-0.25, -0.2) is 0 Å². The van der Waals surface area contributed by atoms with Crippen LogP contribution in [-0.2, 0) is 0 Å². The molecule has 9 rings (SSSR count). The van der Waals surface area contributed by atoms with Gasteiger partial charge in [0, 0.05) is 36.9 Å². The zero-order valence-electron chi connectivity index (χ0n) is 23.9. The van der Waals surface area contributed by atoms with Gasteiger partial charge in [-0.2, -0.15) is 0 Å². The third-order valence-electron chi connectivity index (χ3n) is 8.80. The van der Waals surface area contributed by atoms with Crippen LogP contribution in [-0.4, -0.2) is 0 Å². The summed E-state index contributed by atoms with van der Waals surface area (Å²) in [6.45, 7) is 0. The fourth-order valence-corrected chi connectivity index (χ4v) is 7.82. The molecule has 0 spiro atoms. The highest BCUT2D eigenvalue weighted by molar-refractivity contribution is 7.25. The van der Waals surface area contributed by atoms with Gasteiger partial charge in [0.2, 0.25) is 0 Å². The van der Waals surface area contributed by atoms with Crippen molar-refractivity contribution in [3.63, 3.8) is 0 Å². The zero-order chi connectivity index (χ0) is 29.0. The summed E-state index contributed by atoms with van der Waals surface area (Å²) in [5.41, 5.74) is 5.85. The first-order chi connectivity index (χ1) is 21.8. The molecule has 0 fully saturated rings. The molecule has 1 nitrogen and oxygen atoms in total. The number of benzene rings is 8. The highest BCUT2D eigenvalue weighted by atomic mass is 32.1. The quantitative estimate of drug-likeness (QED) is 0.188. The number of nitrogens with zero attached hydrogens (tertiary/aromatic N) is 1. The van der Waals surface area contributed by atoms with Crippen molar-refractivity contribution in [2.75, 3.05) is 4.90 Å². The smallest absolute Gasteiger partial charge is 0.0540 e. The minimum atomic E-state index is 1.13. The molecule has 0 unspecified atom stereocenters. The number of fused-ring (bicyclic) bond motifs is 7. The van der Waals surface area contributed by atoms with Gasteiger partial charge in [0.15, 0.2) is 0 Å². The van der Waals surface area contributed by atoms with E-state index in [9.17, 15) is 0 Å². The highest BCUT2D eigenvalue weighted by Gasteiger charge is 2.17. The first-order valence-corrected chi connectivity index (χ1v) is 15.8. The van der Waals surface area contributed by atoms with E-state index in [1.807, 2.05) is 11.3 Å². The topological polar surface area (TPSA) is 3.24 Å². The second-order valence-corrected chi connectivity index (χ2v) is 12.5. The molecule has 2 heteroatoms. The van der Waals surface area contributed by atoms with Crippen LogP contribution in [0.3, 0.4) is 0 Å². The van der Waals surface area contributed by atoms with Crippen LogP contribution in [0.15, 0.2) is 164 Å². The number of hydrogen-bond acceptors (Lipinski definition) is 2. The Morgan fingerprint density at radius 3 is 1.93 bits per heavy atom. The fraction of sp³-hybridized carbons (Fsp3) is 0. The third kappa shape index (κ3) is 4.07. The van der Waals surface area contributed by atoms with Crippen LogP contribution in [0.4, 0.5) is 17.1 Å². The van der Waals surface area contributed by atoms with Crippen molar-refractivity contribution in [3.05, 3.63) is 164 Å². The summed E-state index contributed by atoms with van der Waals surface area (Å²) in [4.78, 5) is 2.42. The molecule has 8 aromatic carbocycles. The van der Waals surface area contributed by atoms with E-state index >= 15 is 0 Å². The molecule has 1 aromatic heterocycles. The SMILES string of the molecule is c1ccc(-c2cccc(N(c3ccc4ccc5cc6sc7ccccc7c6cc5c4c3)c3cccc4ccccc34)c2)cc1. The van der Waals surface area contributed by atoms with Gasteiger partial charge in [0.1, 0.15) is 0 Å².